The van der Waals surface area contributed by atoms with Crippen LogP contribution >= 0.6 is 23.4 Å². The van der Waals surface area contributed by atoms with Crippen LogP contribution in [0.4, 0.5) is 0 Å². The molecular weight excluding hydrogens is 580 g/mol. The number of carbonyl (C=O) groups excluding carboxylic acids is 5. The highest BCUT2D eigenvalue weighted by molar-refractivity contribution is 8.14. The molecule has 0 bridgehead atoms. The Labute approximate surface area is 245 Å². The largest absolute Gasteiger partial charge is 0.463 e. The first-order chi connectivity index (χ1) is 19.4. The van der Waals surface area contributed by atoms with Crippen molar-refractivity contribution >= 4 is 64.4 Å². The number of esters is 4. The molecule has 1 aromatic carbocycles. The highest BCUT2D eigenvalue weighted by atomic mass is 35.5. The maximum absolute atomic E-state index is 13.2. The zero-order chi connectivity index (χ0) is 30.3. The van der Waals surface area contributed by atoms with Crippen LogP contribution in [-0.4, -0.2) is 82.9 Å². The van der Waals surface area contributed by atoms with E-state index in [1.165, 1.54) is 17.9 Å². The number of halogens is 1. The Kier molecular flexibility index (Phi) is 11.1. The van der Waals surface area contributed by atoms with E-state index in [1.807, 2.05) is 0 Å². The number of carbonyl (C=O) groups is 5. The Hall–Kier alpha value is -3.68. The van der Waals surface area contributed by atoms with Crippen molar-refractivity contribution in [3.63, 3.8) is 0 Å². The molecule has 12 nitrogen and oxygen atoms in total. The van der Waals surface area contributed by atoms with E-state index in [4.69, 9.17) is 35.3 Å². The third-order valence-corrected chi connectivity index (χ3v) is 6.95. The van der Waals surface area contributed by atoms with Gasteiger partial charge in [0.15, 0.2) is 28.9 Å². The first-order valence-electron chi connectivity index (χ1n) is 12.4. The lowest BCUT2D eigenvalue weighted by atomic mass is 9.99. The number of thioether (sulfide) groups is 1. The number of hydrogen-bond acceptors (Lipinski definition) is 12. The van der Waals surface area contributed by atoms with Crippen molar-refractivity contribution in [1.29, 1.82) is 0 Å². The van der Waals surface area contributed by atoms with Crippen LogP contribution in [0.1, 0.15) is 33.3 Å². The predicted molar refractivity (Wildman–Crippen MR) is 148 cm³/mol. The standard InChI is InChI=1S/C27H29ClN2O10S/c1-6-11-30-25(35)20(12-18-7-9-19(28)10-8-18)29-27(30)41-26-24(39-17(5)34)23(38-16(4)33)22(37-15(3)32)21(40-26)13-36-14(2)31/h6-10,12,21-24,26H,1,11,13H2,2-5H3/b20-12-/t21-,22+,23+,24-,26+/m1/s1. The highest BCUT2D eigenvalue weighted by Crippen LogP contribution is 2.37. The summed E-state index contributed by atoms with van der Waals surface area (Å²) < 4.78 is 27.6. The summed E-state index contributed by atoms with van der Waals surface area (Å²) in [7, 11) is 0. The lowest BCUT2D eigenvalue weighted by Crippen LogP contribution is -2.61. The zero-order valence-corrected chi connectivity index (χ0v) is 24.3. The summed E-state index contributed by atoms with van der Waals surface area (Å²) >= 11 is 6.87. The second-order valence-electron chi connectivity index (χ2n) is 8.87. The molecule has 2 heterocycles. The molecule has 5 atom stereocenters. The van der Waals surface area contributed by atoms with Gasteiger partial charge >= 0.3 is 23.9 Å². The predicted octanol–water partition coefficient (Wildman–Crippen LogP) is 2.88. The van der Waals surface area contributed by atoms with Gasteiger partial charge < -0.3 is 23.7 Å². The van der Waals surface area contributed by atoms with E-state index in [0.717, 1.165) is 32.5 Å². The number of rotatable bonds is 9. The molecule has 0 aromatic heterocycles. The van der Waals surface area contributed by atoms with Gasteiger partial charge in [-0.3, -0.25) is 28.9 Å². The van der Waals surface area contributed by atoms with Crippen molar-refractivity contribution in [2.75, 3.05) is 13.2 Å². The van der Waals surface area contributed by atoms with Gasteiger partial charge in [0.1, 0.15) is 18.4 Å². The fraction of sp³-hybridized carbons (Fsp3) is 0.407. The van der Waals surface area contributed by atoms with E-state index < -0.39 is 59.6 Å². The van der Waals surface area contributed by atoms with Crippen LogP contribution in [0.25, 0.3) is 6.08 Å². The Balaban J connectivity index is 2.04. The summed E-state index contributed by atoms with van der Waals surface area (Å²) in [5, 5.41) is 0.706. The molecule has 1 aromatic rings. The van der Waals surface area contributed by atoms with Gasteiger partial charge in [0.05, 0.1) is 0 Å². The Morgan fingerprint density at radius 1 is 0.976 bits per heavy atom. The molecule has 2 aliphatic heterocycles. The van der Waals surface area contributed by atoms with Gasteiger partial charge in [0, 0.05) is 39.3 Å². The fourth-order valence-corrected chi connectivity index (χ4v) is 5.33. The quantitative estimate of drug-likeness (QED) is 0.176. The molecule has 0 spiro atoms. The van der Waals surface area contributed by atoms with Gasteiger partial charge in [-0.15, -0.1) is 6.58 Å². The topological polar surface area (TPSA) is 147 Å². The Bertz CT molecular complexity index is 1270. The maximum Gasteiger partial charge on any atom is 0.303 e. The van der Waals surface area contributed by atoms with E-state index >= 15 is 0 Å². The number of nitrogens with zero attached hydrogens (tertiary/aromatic N) is 2. The van der Waals surface area contributed by atoms with Gasteiger partial charge in [0.2, 0.25) is 0 Å². The van der Waals surface area contributed by atoms with Crippen LogP contribution < -0.4 is 0 Å². The molecule has 0 saturated carbocycles. The number of benzene rings is 1. The van der Waals surface area contributed by atoms with Gasteiger partial charge in [-0.2, -0.15) is 0 Å². The van der Waals surface area contributed by atoms with Crippen molar-refractivity contribution in [2.24, 2.45) is 4.99 Å². The van der Waals surface area contributed by atoms with Crippen molar-refractivity contribution in [3.8, 4) is 0 Å². The molecule has 0 unspecified atom stereocenters. The molecule has 0 radical (unpaired) electrons. The minimum atomic E-state index is -1.35. The molecular formula is C27H29ClN2O10S. The number of ether oxygens (including phenoxy) is 5. The van der Waals surface area contributed by atoms with Crippen LogP contribution in [0.2, 0.25) is 5.02 Å². The van der Waals surface area contributed by atoms with Crippen LogP contribution in [0, 0.1) is 0 Å². The highest BCUT2D eigenvalue weighted by Gasteiger charge is 2.53. The summed E-state index contributed by atoms with van der Waals surface area (Å²) in [5.74, 6) is -3.29. The maximum atomic E-state index is 13.2. The molecule has 2 aliphatic rings. The third-order valence-electron chi connectivity index (χ3n) is 5.57. The summed E-state index contributed by atoms with van der Waals surface area (Å²) in [6.07, 6.45) is -2.00. The zero-order valence-electron chi connectivity index (χ0n) is 22.7. The van der Waals surface area contributed by atoms with Crippen LogP contribution in [0.5, 0.6) is 0 Å². The number of aliphatic imine (C=N–C) groups is 1. The number of amides is 1. The van der Waals surface area contributed by atoms with Crippen molar-refractivity contribution in [3.05, 3.63) is 53.2 Å². The van der Waals surface area contributed by atoms with E-state index in [9.17, 15) is 24.0 Å². The lowest BCUT2D eigenvalue weighted by Gasteiger charge is -2.44. The van der Waals surface area contributed by atoms with Gasteiger partial charge in [-0.1, -0.05) is 41.6 Å². The van der Waals surface area contributed by atoms with Crippen molar-refractivity contribution < 1.29 is 47.7 Å². The summed E-state index contributed by atoms with van der Waals surface area (Å²) in [4.78, 5) is 66.8. The molecule has 1 fully saturated rings. The van der Waals surface area contributed by atoms with Crippen LogP contribution in [0.3, 0.4) is 0 Å². The third kappa shape index (κ3) is 8.65. The minimum absolute atomic E-state index is 0.0912. The molecule has 0 aliphatic carbocycles. The molecule has 3 rings (SSSR count). The minimum Gasteiger partial charge on any atom is -0.463 e. The molecule has 1 amide bonds. The second kappa shape index (κ2) is 14.3. The monoisotopic (exact) mass is 608 g/mol. The van der Waals surface area contributed by atoms with Crippen LogP contribution in [-0.2, 0) is 47.7 Å². The van der Waals surface area contributed by atoms with Crippen molar-refractivity contribution in [1.82, 2.24) is 4.90 Å². The SMILES string of the molecule is C=CCN1C(=O)/C(=C/c2ccc(Cl)cc2)N=C1S[C@@H]1O[C@H](COC(C)=O)[C@H](OC(C)=O)[C@H](OC(C)=O)[C@H]1OC(C)=O. The fourth-order valence-electron chi connectivity index (χ4n) is 4.01. The van der Waals surface area contributed by atoms with E-state index in [-0.39, 0.29) is 24.0 Å². The summed E-state index contributed by atoms with van der Waals surface area (Å²) in [6, 6.07) is 6.79. The summed E-state index contributed by atoms with van der Waals surface area (Å²) in [5.41, 5.74) is -0.356. The number of amidine groups is 1. The van der Waals surface area contributed by atoms with E-state index in [1.54, 1.807) is 30.3 Å². The normalized spacial score (nSPS) is 24.9. The molecule has 41 heavy (non-hydrogen) atoms. The first-order valence-corrected chi connectivity index (χ1v) is 13.6. The second-order valence-corrected chi connectivity index (χ2v) is 10.4. The lowest BCUT2D eigenvalue weighted by molar-refractivity contribution is -0.237. The molecule has 220 valence electrons. The summed E-state index contributed by atoms with van der Waals surface area (Å²) in [6.45, 7) is 8.01. The smallest absolute Gasteiger partial charge is 0.303 e. The van der Waals surface area contributed by atoms with Crippen molar-refractivity contribution in [2.45, 2.75) is 57.5 Å². The van der Waals surface area contributed by atoms with Gasteiger partial charge in [-0.25, -0.2) is 4.99 Å². The molecule has 0 N–H and O–H groups in total. The van der Waals surface area contributed by atoms with Crippen LogP contribution in [0.15, 0.2) is 47.6 Å². The average Bonchev–Trinajstić information content (AvgIpc) is 3.16. The first kappa shape index (κ1) is 31.8. The van der Waals surface area contributed by atoms with Gasteiger partial charge in [0.25, 0.3) is 5.91 Å². The Morgan fingerprint density at radius 2 is 1.56 bits per heavy atom. The number of hydrogen-bond donors (Lipinski definition) is 0. The molecule has 14 heteroatoms. The Morgan fingerprint density at radius 3 is 2.12 bits per heavy atom. The van der Waals surface area contributed by atoms with Gasteiger partial charge in [-0.05, 0) is 23.8 Å². The van der Waals surface area contributed by atoms with E-state index in [0.29, 0.717) is 10.6 Å². The molecule has 1 saturated heterocycles. The average molecular weight is 609 g/mol. The van der Waals surface area contributed by atoms with E-state index in [2.05, 4.69) is 11.6 Å².